The Morgan fingerprint density at radius 1 is 1.60 bits per heavy atom. The van der Waals surface area contributed by atoms with Crippen molar-refractivity contribution in [2.24, 2.45) is 0 Å². The van der Waals surface area contributed by atoms with E-state index in [0.717, 1.165) is 12.8 Å². The standard InChI is InChI=1S/C6H8INO2/c7-8-5(9)10-4-6(8)2-1-3-6/h1-4H2. The molecule has 1 spiro atoms. The molecule has 0 bridgehead atoms. The van der Waals surface area contributed by atoms with Crippen LogP contribution in [-0.4, -0.2) is 21.4 Å². The van der Waals surface area contributed by atoms with Gasteiger partial charge in [0, 0.05) is 0 Å². The maximum absolute atomic E-state index is 10.9. The van der Waals surface area contributed by atoms with E-state index in [-0.39, 0.29) is 11.6 Å². The quantitative estimate of drug-likeness (QED) is 0.486. The van der Waals surface area contributed by atoms with Gasteiger partial charge in [0.25, 0.3) is 0 Å². The Hall–Kier alpha value is 0. The van der Waals surface area contributed by atoms with E-state index in [1.165, 1.54) is 6.42 Å². The summed E-state index contributed by atoms with van der Waals surface area (Å²) in [4.78, 5) is 10.9. The van der Waals surface area contributed by atoms with Crippen molar-refractivity contribution in [1.82, 2.24) is 3.11 Å². The van der Waals surface area contributed by atoms with Crippen LogP contribution >= 0.6 is 22.9 Å². The van der Waals surface area contributed by atoms with Crippen molar-refractivity contribution in [3.63, 3.8) is 0 Å². The number of rotatable bonds is 0. The average molecular weight is 253 g/mol. The highest BCUT2D eigenvalue weighted by Gasteiger charge is 2.50. The number of carbonyl (C=O) groups is 1. The molecule has 10 heavy (non-hydrogen) atoms. The number of ether oxygens (including phenoxy) is 1. The Balaban J connectivity index is 2.17. The molecule has 4 heteroatoms. The lowest BCUT2D eigenvalue weighted by Gasteiger charge is -2.39. The van der Waals surface area contributed by atoms with Crippen LogP contribution in [0.25, 0.3) is 0 Å². The number of hydrogen-bond donors (Lipinski definition) is 0. The maximum atomic E-state index is 10.9. The van der Waals surface area contributed by atoms with Crippen molar-refractivity contribution >= 4 is 29.0 Å². The minimum absolute atomic E-state index is 0.0949. The smallest absolute Gasteiger partial charge is 0.419 e. The third-order valence-electron chi connectivity index (χ3n) is 2.33. The summed E-state index contributed by atoms with van der Waals surface area (Å²) in [5.74, 6) is 0. The van der Waals surface area contributed by atoms with Crippen LogP contribution < -0.4 is 0 Å². The van der Waals surface area contributed by atoms with E-state index >= 15 is 0 Å². The monoisotopic (exact) mass is 253 g/mol. The molecule has 0 atom stereocenters. The predicted molar refractivity (Wildman–Crippen MR) is 43.8 cm³/mol. The molecule has 1 heterocycles. The molecule has 1 amide bonds. The second-order valence-electron chi connectivity index (χ2n) is 2.91. The van der Waals surface area contributed by atoms with E-state index in [1.807, 2.05) is 22.9 Å². The minimum Gasteiger partial charge on any atom is -0.446 e. The van der Waals surface area contributed by atoms with Gasteiger partial charge in [-0.2, -0.15) is 0 Å². The van der Waals surface area contributed by atoms with Crippen molar-refractivity contribution in [3.8, 4) is 0 Å². The highest BCUT2D eigenvalue weighted by atomic mass is 127. The van der Waals surface area contributed by atoms with Gasteiger partial charge in [-0.3, -0.25) is 0 Å². The summed E-state index contributed by atoms with van der Waals surface area (Å²) in [6.07, 6.45) is 3.29. The molecule has 0 aromatic heterocycles. The number of halogens is 1. The first-order chi connectivity index (χ1) is 4.75. The summed E-state index contributed by atoms with van der Waals surface area (Å²) in [5.41, 5.74) is 0.0949. The first-order valence-corrected chi connectivity index (χ1v) is 4.34. The SMILES string of the molecule is O=C1OCC2(CCC2)N1I. The van der Waals surface area contributed by atoms with Gasteiger partial charge < -0.3 is 4.74 Å². The summed E-state index contributed by atoms with van der Waals surface area (Å²) in [6, 6.07) is 0. The van der Waals surface area contributed by atoms with Gasteiger partial charge in [0.1, 0.15) is 6.61 Å². The number of amides is 1. The fourth-order valence-electron chi connectivity index (χ4n) is 1.43. The Kier molecular flexibility index (Phi) is 1.33. The molecule has 0 unspecified atom stereocenters. The van der Waals surface area contributed by atoms with Gasteiger partial charge in [0.05, 0.1) is 28.4 Å². The zero-order chi connectivity index (χ0) is 7.19. The van der Waals surface area contributed by atoms with Gasteiger partial charge in [-0.15, -0.1) is 0 Å². The largest absolute Gasteiger partial charge is 0.446 e. The van der Waals surface area contributed by atoms with E-state index < -0.39 is 0 Å². The predicted octanol–water partition coefficient (Wildman–Crippen LogP) is 1.71. The van der Waals surface area contributed by atoms with Crippen LogP contribution in [0.15, 0.2) is 0 Å². The molecule has 1 saturated carbocycles. The molecule has 1 aliphatic carbocycles. The number of nitrogens with zero attached hydrogens (tertiary/aromatic N) is 1. The molecule has 0 N–H and O–H groups in total. The lowest BCUT2D eigenvalue weighted by Crippen LogP contribution is -2.47. The third-order valence-corrected chi connectivity index (χ3v) is 3.74. The highest BCUT2D eigenvalue weighted by Crippen LogP contribution is 2.43. The molecule has 2 rings (SSSR count). The molecule has 0 aromatic rings. The zero-order valence-electron chi connectivity index (χ0n) is 5.47. The second-order valence-corrected chi connectivity index (χ2v) is 3.88. The Bertz CT molecular complexity index is 179. The van der Waals surface area contributed by atoms with E-state index in [0.29, 0.717) is 6.61 Å². The third kappa shape index (κ3) is 0.681. The molecular weight excluding hydrogens is 245 g/mol. The van der Waals surface area contributed by atoms with Crippen molar-refractivity contribution in [1.29, 1.82) is 0 Å². The summed E-state index contributed by atoms with van der Waals surface area (Å²) >= 11 is 2.05. The second kappa shape index (κ2) is 1.99. The molecule has 56 valence electrons. The zero-order valence-corrected chi connectivity index (χ0v) is 7.63. The molecule has 1 saturated heterocycles. The summed E-state index contributed by atoms with van der Waals surface area (Å²) in [7, 11) is 0. The van der Waals surface area contributed by atoms with E-state index in [2.05, 4.69) is 0 Å². The van der Waals surface area contributed by atoms with Crippen LogP contribution in [0.1, 0.15) is 19.3 Å². The van der Waals surface area contributed by atoms with Gasteiger partial charge in [-0.05, 0) is 19.3 Å². The van der Waals surface area contributed by atoms with Crippen molar-refractivity contribution in [3.05, 3.63) is 0 Å². The van der Waals surface area contributed by atoms with Gasteiger partial charge in [0.2, 0.25) is 0 Å². The lowest BCUT2D eigenvalue weighted by molar-refractivity contribution is 0.142. The first kappa shape index (κ1) is 6.69. The number of cyclic esters (lactones) is 1. The number of carbonyl (C=O) groups excluding carboxylic acids is 1. The normalized spacial score (nSPS) is 28.5. The fraction of sp³-hybridized carbons (Fsp3) is 0.833. The average Bonchev–Trinajstić information content (AvgIpc) is 2.10. The van der Waals surface area contributed by atoms with Crippen LogP contribution in [0, 0.1) is 0 Å². The minimum atomic E-state index is -0.166. The van der Waals surface area contributed by atoms with Gasteiger partial charge in [-0.1, -0.05) is 0 Å². The summed E-state index contributed by atoms with van der Waals surface area (Å²) < 4.78 is 6.62. The van der Waals surface area contributed by atoms with Gasteiger partial charge >= 0.3 is 6.09 Å². The van der Waals surface area contributed by atoms with Crippen LogP contribution in [-0.2, 0) is 4.74 Å². The van der Waals surface area contributed by atoms with E-state index in [9.17, 15) is 4.79 Å². The highest BCUT2D eigenvalue weighted by molar-refractivity contribution is 14.1. The Morgan fingerprint density at radius 3 is 2.50 bits per heavy atom. The van der Waals surface area contributed by atoms with Gasteiger partial charge in [-0.25, -0.2) is 7.91 Å². The van der Waals surface area contributed by atoms with Gasteiger partial charge in [0.15, 0.2) is 0 Å². The fourth-order valence-corrected chi connectivity index (χ4v) is 2.19. The lowest BCUT2D eigenvalue weighted by atomic mass is 9.78. The molecule has 0 aromatic carbocycles. The van der Waals surface area contributed by atoms with Crippen molar-refractivity contribution in [2.75, 3.05) is 6.61 Å². The summed E-state index contributed by atoms with van der Waals surface area (Å²) in [6.45, 7) is 0.606. The molecule has 2 aliphatic rings. The first-order valence-electron chi connectivity index (χ1n) is 3.37. The summed E-state index contributed by atoms with van der Waals surface area (Å²) in [5, 5.41) is 0. The molecule has 3 nitrogen and oxygen atoms in total. The van der Waals surface area contributed by atoms with Crippen LogP contribution in [0.3, 0.4) is 0 Å². The molecular formula is C6H8INO2. The topological polar surface area (TPSA) is 29.5 Å². The van der Waals surface area contributed by atoms with Crippen molar-refractivity contribution < 1.29 is 9.53 Å². The van der Waals surface area contributed by atoms with Crippen molar-refractivity contribution in [2.45, 2.75) is 24.8 Å². The van der Waals surface area contributed by atoms with Crippen LogP contribution in [0.2, 0.25) is 0 Å². The van der Waals surface area contributed by atoms with E-state index in [4.69, 9.17) is 4.74 Å². The van der Waals surface area contributed by atoms with Crippen LogP contribution in [0.4, 0.5) is 4.79 Å². The molecule has 2 fully saturated rings. The molecule has 0 radical (unpaired) electrons. The molecule has 1 aliphatic heterocycles. The van der Waals surface area contributed by atoms with Crippen LogP contribution in [0.5, 0.6) is 0 Å². The van der Waals surface area contributed by atoms with E-state index in [1.54, 1.807) is 3.11 Å². The Labute approximate surface area is 73.2 Å². The maximum Gasteiger partial charge on any atom is 0.419 e. The number of hydrogen-bond acceptors (Lipinski definition) is 2. The Morgan fingerprint density at radius 2 is 2.30 bits per heavy atom.